The molecule has 0 spiro atoms. The molecule has 0 aliphatic rings. The van der Waals surface area contributed by atoms with Gasteiger partial charge in [0.15, 0.2) is 0 Å². The van der Waals surface area contributed by atoms with Crippen molar-refractivity contribution in [1.82, 2.24) is 16.0 Å². The highest BCUT2D eigenvalue weighted by Gasteiger charge is 2.32. The van der Waals surface area contributed by atoms with E-state index in [0.29, 0.717) is 0 Å². The standard InChI is InChI=1S/C17H29N5O8S/c1-7(2)13(16(28)20-9(17(29)30)5-11(19)23)22-15(27)10(6-31)21-14(26)8(18)3-4-12(24)25/h7-10,13,31H,3-6,18H2,1-2H3,(H2,19,23)(H,20,28)(H,21,26)(H,22,27)(H,24,25)(H,29,30). The third-order valence-electron chi connectivity index (χ3n) is 4.09. The van der Waals surface area contributed by atoms with Crippen LogP contribution in [0.1, 0.15) is 33.1 Å². The van der Waals surface area contributed by atoms with Crippen LogP contribution in [0.25, 0.3) is 0 Å². The van der Waals surface area contributed by atoms with Crippen molar-refractivity contribution in [2.45, 2.75) is 57.3 Å². The molecule has 176 valence electrons. The van der Waals surface area contributed by atoms with E-state index in [1.807, 2.05) is 0 Å². The van der Waals surface area contributed by atoms with Crippen LogP contribution >= 0.6 is 12.6 Å². The summed E-state index contributed by atoms with van der Waals surface area (Å²) in [7, 11) is 0. The van der Waals surface area contributed by atoms with Crippen molar-refractivity contribution in [1.29, 1.82) is 0 Å². The number of aliphatic carboxylic acids is 2. The van der Waals surface area contributed by atoms with Gasteiger partial charge in [-0.3, -0.25) is 24.0 Å². The highest BCUT2D eigenvalue weighted by atomic mass is 32.1. The van der Waals surface area contributed by atoms with Crippen LogP contribution in [0.2, 0.25) is 0 Å². The molecular formula is C17H29N5O8S. The quantitative estimate of drug-likeness (QED) is 0.124. The summed E-state index contributed by atoms with van der Waals surface area (Å²) < 4.78 is 0. The molecule has 13 nitrogen and oxygen atoms in total. The first-order valence-electron chi connectivity index (χ1n) is 9.30. The smallest absolute Gasteiger partial charge is 0.326 e. The van der Waals surface area contributed by atoms with Crippen LogP contribution < -0.4 is 27.4 Å². The van der Waals surface area contributed by atoms with E-state index in [2.05, 4.69) is 28.6 Å². The molecule has 0 aliphatic heterocycles. The minimum Gasteiger partial charge on any atom is -0.481 e. The number of carboxylic acid groups (broad SMARTS) is 2. The molecule has 0 aromatic rings. The molecule has 0 aromatic carbocycles. The van der Waals surface area contributed by atoms with Gasteiger partial charge in [-0.2, -0.15) is 12.6 Å². The van der Waals surface area contributed by atoms with Crippen LogP contribution in [0.15, 0.2) is 0 Å². The molecule has 14 heteroatoms. The monoisotopic (exact) mass is 463 g/mol. The maximum absolute atomic E-state index is 12.5. The average Bonchev–Trinajstić information content (AvgIpc) is 2.66. The Hall–Kier alpha value is -2.87. The van der Waals surface area contributed by atoms with Gasteiger partial charge in [0.2, 0.25) is 23.6 Å². The molecule has 0 rings (SSSR count). The van der Waals surface area contributed by atoms with E-state index in [4.69, 9.17) is 21.7 Å². The number of nitrogens with two attached hydrogens (primary N) is 2. The molecule has 0 radical (unpaired) electrons. The zero-order chi connectivity index (χ0) is 24.3. The van der Waals surface area contributed by atoms with Crippen molar-refractivity contribution >= 4 is 48.2 Å². The lowest BCUT2D eigenvalue weighted by Crippen LogP contribution is -2.59. The third-order valence-corrected chi connectivity index (χ3v) is 4.45. The SMILES string of the molecule is CC(C)C(NC(=O)C(CS)NC(=O)C(N)CCC(=O)O)C(=O)NC(CC(N)=O)C(=O)O. The Morgan fingerprint density at radius 3 is 1.87 bits per heavy atom. The van der Waals surface area contributed by atoms with Crippen molar-refractivity contribution in [3.63, 3.8) is 0 Å². The molecule has 31 heavy (non-hydrogen) atoms. The van der Waals surface area contributed by atoms with Gasteiger partial charge in [0, 0.05) is 12.2 Å². The minimum absolute atomic E-state index is 0.143. The van der Waals surface area contributed by atoms with Crippen LogP contribution in [0.3, 0.4) is 0 Å². The first-order chi connectivity index (χ1) is 14.3. The van der Waals surface area contributed by atoms with E-state index in [0.717, 1.165) is 0 Å². The molecule has 4 atom stereocenters. The van der Waals surface area contributed by atoms with Gasteiger partial charge in [-0.05, 0) is 12.3 Å². The van der Waals surface area contributed by atoms with Crippen LogP contribution in [-0.2, 0) is 28.8 Å². The summed E-state index contributed by atoms with van der Waals surface area (Å²) in [5.74, 6) is -6.60. The normalized spacial score (nSPS) is 14.6. The number of amides is 4. The van der Waals surface area contributed by atoms with E-state index < -0.39 is 72.1 Å². The average molecular weight is 464 g/mol. The molecular weight excluding hydrogens is 434 g/mol. The Labute approximate surface area is 184 Å². The topological polar surface area (TPSA) is 231 Å². The Morgan fingerprint density at radius 1 is 0.903 bits per heavy atom. The first-order valence-corrected chi connectivity index (χ1v) is 9.93. The summed E-state index contributed by atoms with van der Waals surface area (Å²) in [6.07, 6.45) is -1.11. The largest absolute Gasteiger partial charge is 0.481 e. The fraction of sp³-hybridized carbons (Fsp3) is 0.647. The van der Waals surface area contributed by atoms with Gasteiger partial charge >= 0.3 is 11.9 Å². The Bertz CT molecular complexity index is 702. The lowest BCUT2D eigenvalue weighted by atomic mass is 10.0. The number of carbonyl (C=O) groups excluding carboxylic acids is 4. The van der Waals surface area contributed by atoms with E-state index >= 15 is 0 Å². The lowest BCUT2D eigenvalue weighted by molar-refractivity contribution is -0.144. The van der Waals surface area contributed by atoms with Gasteiger partial charge in [0.1, 0.15) is 18.1 Å². The predicted molar refractivity (Wildman–Crippen MR) is 111 cm³/mol. The Morgan fingerprint density at radius 2 is 1.45 bits per heavy atom. The molecule has 0 aliphatic carbocycles. The van der Waals surface area contributed by atoms with Crippen LogP contribution in [0.5, 0.6) is 0 Å². The molecule has 9 N–H and O–H groups in total. The minimum atomic E-state index is -1.57. The molecule has 0 aromatic heterocycles. The van der Waals surface area contributed by atoms with Gasteiger partial charge in [-0.1, -0.05) is 13.8 Å². The second-order valence-corrected chi connectivity index (χ2v) is 7.45. The van der Waals surface area contributed by atoms with Gasteiger partial charge in [-0.15, -0.1) is 0 Å². The number of hydrogen-bond donors (Lipinski definition) is 8. The third kappa shape index (κ3) is 10.6. The van der Waals surface area contributed by atoms with Crippen LogP contribution in [0.4, 0.5) is 0 Å². The fourth-order valence-corrected chi connectivity index (χ4v) is 2.59. The highest BCUT2D eigenvalue weighted by Crippen LogP contribution is 2.05. The Kier molecular flexibility index (Phi) is 12.2. The molecule has 4 unspecified atom stereocenters. The summed E-state index contributed by atoms with van der Waals surface area (Å²) in [6.45, 7) is 3.18. The molecule has 0 saturated heterocycles. The number of thiol groups is 1. The summed E-state index contributed by atoms with van der Waals surface area (Å²) in [5.41, 5.74) is 10.6. The molecule has 0 heterocycles. The molecule has 4 amide bonds. The Balaban J connectivity index is 5.16. The van der Waals surface area contributed by atoms with Gasteiger partial charge in [0.05, 0.1) is 12.5 Å². The summed E-state index contributed by atoms with van der Waals surface area (Å²) in [4.78, 5) is 69.9. The number of hydrogen-bond acceptors (Lipinski definition) is 8. The molecule has 0 bridgehead atoms. The molecule has 0 fully saturated rings. The van der Waals surface area contributed by atoms with Gasteiger partial charge < -0.3 is 37.6 Å². The maximum atomic E-state index is 12.5. The zero-order valence-corrected chi connectivity index (χ0v) is 18.1. The van der Waals surface area contributed by atoms with Gasteiger partial charge in [-0.25, -0.2) is 4.79 Å². The number of rotatable bonds is 14. The number of carbonyl (C=O) groups is 6. The fourth-order valence-electron chi connectivity index (χ4n) is 2.33. The summed E-state index contributed by atoms with van der Waals surface area (Å²) >= 11 is 3.99. The summed E-state index contributed by atoms with van der Waals surface area (Å²) in [6, 6.07) is -5.12. The van der Waals surface area contributed by atoms with E-state index in [1.54, 1.807) is 13.8 Å². The highest BCUT2D eigenvalue weighted by molar-refractivity contribution is 7.80. The van der Waals surface area contributed by atoms with Crippen LogP contribution in [-0.4, -0.2) is 75.7 Å². The van der Waals surface area contributed by atoms with Crippen molar-refractivity contribution in [2.75, 3.05) is 5.75 Å². The number of primary amides is 1. The number of carboxylic acids is 2. The van der Waals surface area contributed by atoms with E-state index in [9.17, 15) is 28.8 Å². The zero-order valence-electron chi connectivity index (χ0n) is 17.2. The lowest BCUT2D eigenvalue weighted by Gasteiger charge is -2.26. The van der Waals surface area contributed by atoms with E-state index in [-0.39, 0.29) is 18.6 Å². The predicted octanol–water partition coefficient (Wildman–Crippen LogP) is -2.82. The van der Waals surface area contributed by atoms with Crippen molar-refractivity contribution in [3.8, 4) is 0 Å². The van der Waals surface area contributed by atoms with Gasteiger partial charge in [0.25, 0.3) is 0 Å². The van der Waals surface area contributed by atoms with Crippen molar-refractivity contribution < 1.29 is 39.0 Å². The second-order valence-electron chi connectivity index (χ2n) is 7.08. The number of nitrogens with one attached hydrogen (secondary N) is 3. The second kappa shape index (κ2) is 13.4. The van der Waals surface area contributed by atoms with Crippen molar-refractivity contribution in [3.05, 3.63) is 0 Å². The van der Waals surface area contributed by atoms with E-state index in [1.165, 1.54) is 0 Å². The maximum Gasteiger partial charge on any atom is 0.326 e. The van der Waals surface area contributed by atoms with Crippen LogP contribution in [0, 0.1) is 5.92 Å². The molecule has 0 saturated carbocycles. The van der Waals surface area contributed by atoms with Crippen molar-refractivity contribution in [2.24, 2.45) is 17.4 Å². The summed E-state index contributed by atoms with van der Waals surface area (Å²) in [5, 5.41) is 24.6. The first kappa shape index (κ1) is 28.1.